The SMILES string of the molecule is Cc1nc(N(C)C)nc(N2CCn3nc(C(=O)N4CCCC4)cc3C2)c1C. The first-order chi connectivity index (χ1) is 12.9. The van der Waals surface area contributed by atoms with Crippen molar-refractivity contribution in [1.82, 2.24) is 24.6 Å². The average Bonchev–Trinajstić information content (AvgIpc) is 3.32. The lowest BCUT2D eigenvalue weighted by Crippen LogP contribution is -2.35. The molecule has 1 amide bonds. The molecule has 0 spiro atoms. The zero-order valence-electron chi connectivity index (χ0n) is 16.6. The van der Waals surface area contributed by atoms with E-state index in [1.807, 2.05) is 41.6 Å². The minimum absolute atomic E-state index is 0.0601. The number of anilines is 2. The first kappa shape index (κ1) is 17.8. The molecule has 8 heteroatoms. The fourth-order valence-corrected chi connectivity index (χ4v) is 3.74. The topological polar surface area (TPSA) is 70.4 Å². The lowest BCUT2D eigenvalue weighted by molar-refractivity contribution is 0.0786. The van der Waals surface area contributed by atoms with E-state index in [4.69, 9.17) is 4.98 Å². The molecule has 2 aromatic heterocycles. The van der Waals surface area contributed by atoms with Gasteiger partial charge in [-0.1, -0.05) is 0 Å². The fraction of sp³-hybridized carbons (Fsp3) is 0.579. The van der Waals surface area contributed by atoms with Gasteiger partial charge in [-0.05, 0) is 32.8 Å². The van der Waals surface area contributed by atoms with Crippen LogP contribution in [0, 0.1) is 13.8 Å². The molecule has 0 aliphatic carbocycles. The number of aromatic nitrogens is 4. The minimum Gasteiger partial charge on any atom is -0.348 e. The summed E-state index contributed by atoms with van der Waals surface area (Å²) in [5.74, 6) is 1.74. The van der Waals surface area contributed by atoms with Crippen molar-refractivity contribution in [1.29, 1.82) is 0 Å². The van der Waals surface area contributed by atoms with E-state index in [0.717, 1.165) is 67.7 Å². The van der Waals surface area contributed by atoms with Crippen LogP contribution in [0.3, 0.4) is 0 Å². The highest BCUT2D eigenvalue weighted by atomic mass is 16.2. The number of carbonyl (C=O) groups excluding carboxylic acids is 1. The number of hydrogen-bond donors (Lipinski definition) is 0. The molecule has 0 aromatic carbocycles. The molecule has 144 valence electrons. The Morgan fingerprint density at radius 1 is 1.07 bits per heavy atom. The molecular weight excluding hydrogens is 342 g/mol. The predicted octanol–water partition coefficient (Wildman–Crippen LogP) is 1.61. The van der Waals surface area contributed by atoms with Crippen molar-refractivity contribution < 1.29 is 4.79 Å². The van der Waals surface area contributed by atoms with Crippen LogP contribution in [0.4, 0.5) is 11.8 Å². The Balaban J connectivity index is 1.59. The number of amides is 1. The molecule has 1 saturated heterocycles. The van der Waals surface area contributed by atoms with E-state index >= 15 is 0 Å². The highest BCUT2D eigenvalue weighted by molar-refractivity contribution is 5.92. The van der Waals surface area contributed by atoms with Crippen LogP contribution in [-0.2, 0) is 13.1 Å². The second-order valence-corrected chi connectivity index (χ2v) is 7.62. The number of carbonyl (C=O) groups is 1. The van der Waals surface area contributed by atoms with Crippen molar-refractivity contribution in [3.8, 4) is 0 Å². The number of fused-ring (bicyclic) bond motifs is 1. The molecule has 0 bridgehead atoms. The number of hydrogen-bond acceptors (Lipinski definition) is 6. The monoisotopic (exact) mass is 369 g/mol. The summed E-state index contributed by atoms with van der Waals surface area (Å²) in [6, 6.07) is 1.95. The van der Waals surface area contributed by atoms with Gasteiger partial charge >= 0.3 is 0 Å². The summed E-state index contributed by atoms with van der Waals surface area (Å²) in [6.45, 7) is 8.05. The first-order valence-electron chi connectivity index (χ1n) is 9.57. The minimum atomic E-state index is 0.0601. The second kappa shape index (κ2) is 6.83. The molecule has 4 heterocycles. The molecule has 27 heavy (non-hydrogen) atoms. The fourth-order valence-electron chi connectivity index (χ4n) is 3.74. The van der Waals surface area contributed by atoms with Gasteiger partial charge in [0.05, 0.1) is 18.8 Å². The quantitative estimate of drug-likeness (QED) is 0.819. The number of likely N-dealkylation sites (tertiary alicyclic amines) is 1. The van der Waals surface area contributed by atoms with E-state index in [1.165, 1.54) is 0 Å². The summed E-state index contributed by atoms with van der Waals surface area (Å²) in [4.78, 5) is 28.1. The molecule has 0 saturated carbocycles. The molecule has 2 aromatic rings. The van der Waals surface area contributed by atoms with Gasteiger partial charge in [-0.2, -0.15) is 10.1 Å². The Labute approximate surface area is 159 Å². The molecule has 0 N–H and O–H groups in total. The van der Waals surface area contributed by atoms with Crippen LogP contribution in [0.1, 0.15) is 40.3 Å². The molecule has 1 fully saturated rings. The van der Waals surface area contributed by atoms with Crippen LogP contribution in [-0.4, -0.2) is 64.3 Å². The Morgan fingerprint density at radius 2 is 1.81 bits per heavy atom. The molecule has 0 atom stereocenters. The van der Waals surface area contributed by atoms with Crippen molar-refractivity contribution in [2.24, 2.45) is 0 Å². The van der Waals surface area contributed by atoms with Crippen LogP contribution in [0.15, 0.2) is 6.07 Å². The van der Waals surface area contributed by atoms with Gasteiger partial charge in [-0.15, -0.1) is 0 Å². The number of rotatable bonds is 3. The Kier molecular flexibility index (Phi) is 4.49. The summed E-state index contributed by atoms with van der Waals surface area (Å²) in [7, 11) is 3.91. The van der Waals surface area contributed by atoms with Crippen molar-refractivity contribution in [2.45, 2.75) is 39.8 Å². The van der Waals surface area contributed by atoms with Gasteiger partial charge in [0.1, 0.15) is 5.82 Å². The largest absolute Gasteiger partial charge is 0.348 e. The van der Waals surface area contributed by atoms with Gasteiger partial charge in [0, 0.05) is 45.0 Å². The molecule has 2 aliphatic rings. The Morgan fingerprint density at radius 3 is 2.52 bits per heavy atom. The second-order valence-electron chi connectivity index (χ2n) is 7.62. The zero-order chi connectivity index (χ0) is 19.1. The van der Waals surface area contributed by atoms with E-state index < -0.39 is 0 Å². The first-order valence-corrected chi connectivity index (χ1v) is 9.57. The van der Waals surface area contributed by atoms with Gasteiger partial charge in [0.25, 0.3) is 5.91 Å². The third-order valence-corrected chi connectivity index (χ3v) is 5.46. The van der Waals surface area contributed by atoms with Gasteiger partial charge < -0.3 is 14.7 Å². The maximum atomic E-state index is 12.6. The van der Waals surface area contributed by atoms with Gasteiger partial charge in [0.15, 0.2) is 5.69 Å². The van der Waals surface area contributed by atoms with E-state index in [-0.39, 0.29) is 5.91 Å². The lowest BCUT2D eigenvalue weighted by Gasteiger charge is -2.30. The van der Waals surface area contributed by atoms with E-state index in [1.54, 1.807) is 0 Å². The van der Waals surface area contributed by atoms with Crippen molar-refractivity contribution in [3.05, 3.63) is 28.7 Å². The Bertz CT molecular complexity index is 867. The van der Waals surface area contributed by atoms with Crippen molar-refractivity contribution >= 4 is 17.7 Å². The maximum Gasteiger partial charge on any atom is 0.274 e. The third kappa shape index (κ3) is 3.24. The highest BCUT2D eigenvalue weighted by Crippen LogP contribution is 2.26. The van der Waals surface area contributed by atoms with Crippen molar-refractivity contribution in [2.75, 3.05) is 43.5 Å². The zero-order valence-corrected chi connectivity index (χ0v) is 16.6. The summed E-state index contributed by atoms with van der Waals surface area (Å²) >= 11 is 0. The van der Waals surface area contributed by atoms with E-state index in [0.29, 0.717) is 12.2 Å². The molecule has 0 radical (unpaired) electrons. The summed E-state index contributed by atoms with van der Waals surface area (Å²) in [6.07, 6.45) is 2.18. The van der Waals surface area contributed by atoms with Crippen LogP contribution in [0.5, 0.6) is 0 Å². The van der Waals surface area contributed by atoms with Crippen LogP contribution in [0.2, 0.25) is 0 Å². The van der Waals surface area contributed by atoms with E-state index in [9.17, 15) is 4.79 Å². The Hall–Kier alpha value is -2.64. The van der Waals surface area contributed by atoms with Gasteiger partial charge in [-0.25, -0.2) is 4.98 Å². The highest BCUT2D eigenvalue weighted by Gasteiger charge is 2.27. The van der Waals surface area contributed by atoms with Crippen LogP contribution in [0.25, 0.3) is 0 Å². The van der Waals surface area contributed by atoms with Crippen molar-refractivity contribution in [3.63, 3.8) is 0 Å². The predicted molar refractivity (Wildman–Crippen MR) is 104 cm³/mol. The smallest absolute Gasteiger partial charge is 0.274 e. The van der Waals surface area contributed by atoms with Gasteiger partial charge in [0.2, 0.25) is 5.95 Å². The van der Waals surface area contributed by atoms with Crippen LogP contribution >= 0.6 is 0 Å². The van der Waals surface area contributed by atoms with E-state index in [2.05, 4.69) is 21.9 Å². The molecule has 4 rings (SSSR count). The number of nitrogens with zero attached hydrogens (tertiary/aromatic N) is 7. The summed E-state index contributed by atoms with van der Waals surface area (Å²) < 4.78 is 1.97. The average molecular weight is 369 g/mol. The maximum absolute atomic E-state index is 12.6. The van der Waals surface area contributed by atoms with Gasteiger partial charge in [-0.3, -0.25) is 9.48 Å². The summed E-state index contributed by atoms with van der Waals surface area (Å²) in [5.41, 5.74) is 3.72. The summed E-state index contributed by atoms with van der Waals surface area (Å²) in [5, 5.41) is 4.57. The third-order valence-electron chi connectivity index (χ3n) is 5.46. The number of aryl methyl sites for hydroxylation is 1. The normalized spacial score (nSPS) is 16.6. The van der Waals surface area contributed by atoms with Crippen LogP contribution < -0.4 is 9.80 Å². The molecule has 0 unspecified atom stereocenters. The lowest BCUT2D eigenvalue weighted by atomic mass is 10.2. The standard InChI is InChI=1S/C19H27N7O/c1-13-14(2)20-19(23(3)4)21-17(13)25-9-10-26-15(12-25)11-16(22-26)18(27)24-7-5-6-8-24/h11H,5-10,12H2,1-4H3. The molecule has 8 nitrogen and oxygen atoms in total. The molecule has 2 aliphatic heterocycles. The molecular formula is C19H27N7O.